The van der Waals surface area contributed by atoms with Crippen LogP contribution in [0, 0.1) is 0 Å². The smallest absolute Gasteiger partial charge is 0.264 e. The summed E-state index contributed by atoms with van der Waals surface area (Å²) in [5, 5.41) is 0.440. The maximum absolute atomic E-state index is 13.4. The third kappa shape index (κ3) is 5.24. The SMILES string of the molecule is CCOc1ccc(N(CC(=O)N2CCN(C)CC2)S(=O)(=O)c2ccc(Cl)cc2)cc1. The highest BCUT2D eigenvalue weighted by atomic mass is 35.5. The first-order valence-corrected chi connectivity index (χ1v) is 11.6. The minimum atomic E-state index is -3.96. The number of nitrogens with zero attached hydrogens (tertiary/aromatic N) is 3. The van der Waals surface area contributed by atoms with Crippen LogP contribution < -0.4 is 9.04 Å². The minimum Gasteiger partial charge on any atom is -0.494 e. The number of ether oxygens (including phenoxy) is 1. The lowest BCUT2D eigenvalue weighted by Crippen LogP contribution is -2.50. The lowest BCUT2D eigenvalue weighted by Gasteiger charge is -2.34. The molecule has 1 amide bonds. The standard InChI is InChI=1S/C21H26ClN3O4S/c1-3-29-19-8-6-18(7-9-19)25(16-21(26)24-14-12-23(2)13-15-24)30(27,28)20-10-4-17(22)5-11-20/h4-11H,3,12-16H2,1-2H3. The zero-order valence-corrected chi connectivity index (χ0v) is 18.7. The normalized spacial score (nSPS) is 15.1. The van der Waals surface area contributed by atoms with Crippen molar-refractivity contribution in [2.45, 2.75) is 11.8 Å². The van der Waals surface area contributed by atoms with Crippen molar-refractivity contribution in [2.24, 2.45) is 0 Å². The quantitative estimate of drug-likeness (QED) is 0.647. The third-order valence-corrected chi connectivity index (χ3v) is 7.01. The molecule has 1 aliphatic heterocycles. The van der Waals surface area contributed by atoms with Crippen LogP contribution in [-0.2, 0) is 14.8 Å². The van der Waals surface area contributed by atoms with Gasteiger partial charge in [-0.15, -0.1) is 0 Å². The van der Waals surface area contributed by atoms with Crippen LogP contribution in [0.5, 0.6) is 5.75 Å². The number of likely N-dealkylation sites (N-methyl/N-ethyl adjacent to an activating group) is 1. The lowest BCUT2D eigenvalue weighted by molar-refractivity contribution is -0.131. The van der Waals surface area contributed by atoms with Gasteiger partial charge in [-0.25, -0.2) is 8.42 Å². The Morgan fingerprint density at radius 1 is 1.03 bits per heavy atom. The summed E-state index contributed by atoms with van der Waals surface area (Å²) in [6, 6.07) is 12.6. The number of benzene rings is 2. The molecule has 0 unspecified atom stereocenters. The Balaban J connectivity index is 1.91. The van der Waals surface area contributed by atoms with Gasteiger partial charge in [0, 0.05) is 31.2 Å². The topological polar surface area (TPSA) is 70.2 Å². The van der Waals surface area contributed by atoms with Crippen molar-refractivity contribution >= 4 is 33.2 Å². The second-order valence-electron chi connectivity index (χ2n) is 7.08. The van der Waals surface area contributed by atoms with Crippen LogP contribution in [0.2, 0.25) is 5.02 Å². The molecule has 0 saturated carbocycles. The van der Waals surface area contributed by atoms with E-state index in [1.165, 1.54) is 24.3 Å². The first-order valence-electron chi connectivity index (χ1n) is 9.78. The number of piperazine rings is 1. The molecule has 0 atom stereocenters. The molecular formula is C21H26ClN3O4S. The van der Waals surface area contributed by atoms with Crippen LogP contribution in [0.4, 0.5) is 5.69 Å². The number of rotatable bonds is 7. The van der Waals surface area contributed by atoms with Crippen molar-refractivity contribution in [3.05, 3.63) is 53.6 Å². The van der Waals surface area contributed by atoms with Gasteiger partial charge in [0.2, 0.25) is 5.91 Å². The summed E-state index contributed by atoms with van der Waals surface area (Å²) < 4.78 is 33.4. The number of halogens is 1. The van der Waals surface area contributed by atoms with E-state index in [1.807, 2.05) is 14.0 Å². The Morgan fingerprint density at radius 3 is 2.20 bits per heavy atom. The van der Waals surface area contributed by atoms with Crippen LogP contribution >= 0.6 is 11.6 Å². The average Bonchev–Trinajstić information content (AvgIpc) is 2.73. The van der Waals surface area contributed by atoms with Crippen molar-refractivity contribution in [2.75, 3.05) is 50.7 Å². The molecule has 162 valence electrons. The predicted octanol–water partition coefficient (Wildman–Crippen LogP) is 2.71. The molecule has 3 rings (SSSR count). The van der Waals surface area contributed by atoms with Gasteiger partial charge in [0.05, 0.1) is 17.2 Å². The fourth-order valence-electron chi connectivity index (χ4n) is 3.20. The summed E-state index contributed by atoms with van der Waals surface area (Å²) >= 11 is 5.92. The van der Waals surface area contributed by atoms with Crippen LogP contribution in [0.1, 0.15) is 6.92 Å². The molecule has 0 radical (unpaired) electrons. The van der Waals surface area contributed by atoms with E-state index >= 15 is 0 Å². The first kappa shape index (κ1) is 22.4. The van der Waals surface area contributed by atoms with Gasteiger partial charge in [0.25, 0.3) is 10.0 Å². The largest absolute Gasteiger partial charge is 0.494 e. The average molecular weight is 452 g/mol. The van der Waals surface area contributed by atoms with Crippen molar-refractivity contribution in [3.63, 3.8) is 0 Å². The number of carbonyl (C=O) groups excluding carboxylic acids is 1. The van der Waals surface area contributed by atoms with Gasteiger partial charge in [-0.05, 0) is 62.5 Å². The Hall–Kier alpha value is -2.29. The van der Waals surface area contributed by atoms with Gasteiger partial charge in [-0.1, -0.05) is 11.6 Å². The second kappa shape index (κ2) is 9.68. The molecule has 0 spiro atoms. The first-order chi connectivity index (χ1) is 14.3. The molecule has 1 fully saturated rings. The number of anilines is 1. The molecule has 1 heterocycles. The molecule has 30 heavy (non-hydrogen) atoms. The number of hydrogen-bond donors (Lipinski definition) is 0. The van der Waals surface area contributed by atoms with Crippen molar-refractivity contribution in [3.8, 4) is 5.75 Å². The Bertz CT molecular complexity index is 957. The molecule has 0 bridgehead atoms. The molecule has 0 aliphatic carbocycles. The second-order valence-corrected chi connectivity index (χ2v) is 9.38. The highest BCUT2D eigenvalue weighted by Crippen LogP contribution is 2.27. The van der Waals surface area contributed by atoms with Gasteiger partial charge in [-0.2, -0.15) is 0 Å². The Morgan fingerprint density at radius 2 is 1.63 bits per heavy atom. The number of hydrogen-bond acceptors (Lipinski definition) is 5. The molecule has 0 N–H and O–H groups in total. The van der Waals surface area contributed by atoms with Crippen LogP contribution in [-0.4, -0.2) is 70.5 Å². The van der Waals surface area contributed by atoms with Gasteiger partial charge in [0.1, 0.15) is 12.3 Å². The summed E-state index contributed by atoms with van der Waals surface area (Å²) in [7, 11) is -1.97. The molecule has 9 heteroatoms. The number of amides is 1. The van der Waals surface area contributed by atoms with E-state index in [4.69, 9.17) is 16.3 Å². The molecule has 0 aromatic heterocycles. The predicted molar refractivity (Wildman–Crippen MR) is 118 cm³/mol. The maximum atomic E-state index is 13.4. The van der Waals surface area contributed by atoms with E-state index in [-0.39, 0.29) is 17.3 Å². The van der Waals surface area contributed by atoms with Crippen molar-refractivity contribution < 1.29 is 17.9 Å². The fraction of sp³-hybridized carbons (Fsp3) is 0.381. The molecule has 2 aromatic rings. The van der Waals surface area contributed by atoms with E-state index in [2.05, 4.69) is 4.90 Å². The monoisotopic (exact) mass is 451 g/mol. The van der Waals surface area contributed by atoms with Crippen LogP contribution in [0.3, 0.4) is 0 Å². The van der Waals surface area contributed by atoms with Crippen molar-refractivity contribution in [1.82, 2.24) is 9.80 Å². The number of carbonyl (C=O) groups is 1. The van der Waals surface area contributed by atoms with Gasteiger partial charge < -0.3 is 14.5 Å². The van der Waals surface area contributed by atoms with Crippen molar-refractivity contribution in [1.29, 1.82) is 0 Å². The van der Waals surface area contributed by atoms with E-state index in [0.717, 1.165) is 17.4 Å². The summed E-state index contributed by atoms with van der Waals surface area (Å²) in [6.07, 6.45) is 0. The van der Waals surface area contributed by atoms with Crippen LogP contribution in [0.25, 0.3) is 0 Å². The zero-order chi connectivity index (χ0) is 21.7. The molecule has 1 saturated heterocycles. The third-order valence-electron chi connectivity index (χ3n) is 4.97. The van der Waals surface area contributed by atoms with Crippen LogP contribution in [0.15, 0.2) is 53.4 Å². The maximum Gasteiger partial charge on any atom is 0.264 e. The van der Waals surface area contributed by atoms with E-state index in [9.17, 15) is 13.2 Å². The molecular weight excluding hydrogens is 426 g/mol. The zero-order valence-electron chi connectivity index (χ0n) is 17.1. The Labute approximate surface area is 182 Å². The van der Waals surface area contributed by atoms with Gasteiger partial charge >= 0.3 is 0 Å². The fourth-order valence-corrected chi connectivity index (χ4v) is 4.74. The van der Waals surface area contributed by atoms with E-state index < -0.39 is 10.0 Å². The van der Waals surface area contributed by atoms with Gasteiger partial charge in [-0.3, -0.25) is 9.10 Å². The summed E-state index contributed by atoms with van der Waals surface area (Å²) in [4.78, 5) is 16.9. The van der Waals surface area contributed by atoms with E-state index in [1.54, 1.807) is 29.2 Å². The highest BCUT2D eigenvalue weighted by Gasteiger charge is 2.30. The summed E-state index contributed by atoms with van der Waals surface area (Å²) in [5.41, 5.74) is 0.399. The Kier molecular flexibility index (Phi) is 7.23. The van der Waals surface area contributed by atoms with E-state index in [0.29, 0.717) is 36.2 Å². The van der Waals surface area contributed by atoms with Gasteiger partial charge in [0.15, 0.2) is 0 Å². The summed E-state index contributed by atoms with van der Waals surface area (Å²) in [5.74, 6) is 0.407. The lowest BCUT2D eigenvalue weighted by atomic mass is 10.3. The summed E-state index contributed by atoms with van der Waals surface area (Å²) in [6.45, 7) is 4.79. The molecule has 7 nitrogen and oxygen atoms in total. The molecule has 2 aromatic carbocycles. The highest BCUT2D eigenvalue weighted by molar-refractivity contribution is 7.92. The number of sulfonamides is 1. The molecule has 1 aliphatic rings. The minimum absolute atomic E-state index is 0.0759.